The van der Waals surface area contributed by atoms with E-state index >= 15 is 0 Å². The molecule has 92 valence electrons. The Morgan fingerprint density at radius 2 is 2.24 bits per heavy atom. The lowest BCUT2D eigenvalue weighted by molar-refractivity contribution is 0.188. The van der Waals surface area contributed by atoms with Crippen LogP contribution >= 0.6 is 0 Å². The van der Waals surface area contributed by atoms with Crippen molar-refractivity contribution in [3.05, 3.63) is 18.2 Å². The number of aryl methyl sites for hydroxylation is 1. The molecule has 17 heavy (non-hydrogen) atoms. The number of aliphatic imine (C=N–C) groups is 1. The second kappa shape index (κ2) is 4.20. The highest BCUT2D eigenvalue weighted by Gasteiger charge is 2.37. The summed E-state index contributed by atoms with van der Waals surface area (Å²) in [7, 11) is 0. The standard InChI is InChI=1S/C11H17N5O/c1-4-15-6-13-5-8(15)9-10(12)14-11(17)16(9)7(2)3/h5-7,9H,4H2,1-3H3,(H2,12,14,17). The number of aromatic nitrogens is 2. The Kier molecular flexibility index (Phi) is 2.87. The van der Waals surface area contributed by atoms with Crippen LogP contribution in [0.15, 0.2) is 17.5 Å². The minimum Gasteiger partial charge on any atom is -0.385 e. The molecule has 6 nitrogen and oxygen atoms in total. The number of hydrogen-bond donors (Lipinski definition) is 1. The fourth-order valence-corrected chi connectivity index (χ4v) is 2.12. The van der Waals surface area contributed by atoms with Crippen molar-refractivity contribution < 1.29 is 4.79 Å². The fourth-order valence-electron chi connectivity index (χ4n) is 2.12. The van der Waals surface area contributed by atoms with Crippen LogP contribution in [0.4, 0.5) is 4.79 Å². The summed E-state index contributed by atoms with van der Waals surface area (Å²) >= 11 is 0. The van der Waals surface area contributed by atoms with Gasteiger partial charge in [-0.25, -0.2) is 9.78 Å². The summed E-state index contributed by atoms with van der Waals surface area (Å²) in [5.41, 5.74) is 6.77. The molecule has 1 atom stereocenters. The first kappa shape index (κ1) is 11.6. The molecule has 1 aliphatic rings. The minimum absolute atomic E-state index is 0.0532. The number of nitrogens with two attached hydrogens (primary N) is 1. The van der Waals surface area contributed by atoms with E-state index in [-0.39, 0.29) is 18.1 Å². The van der Waals surface area contributed by atoms with Gasteiger partial charge in [0, 0.05) is 12.6 Å². The molecule has 1 aliphatic heterocycles. The van der Waals surface area contributed by atoms with E-state index in [1.54, 1.807) is 17.4 Å². The lowest BCUT2D eigenvalue weighted by Crippen LogP contribution is -2.39. The van der Waals surface area contributed by atoms with E-state index in [0.29, 0.717) is 5.84 Å². The van der Waals surface area contributed by atoms with Gasteiger partial charge >= 0.3 is 6.03 Å². The maximum atomic E-state index is 11.8. The summed E-state index contributed by atoms with van der Waals surface area (Å²) in [5.74, 6) is 0.346. The monoisotopic (exact) mass is 235 g/mol. The average molecular weight is 235 g/mol. The van der Waals surface area contributed by atoms with E-state index in [1.807, 2.05) is 25.3 Å². The molecule has 2 rings (SSSR count). The van der Waals surface area contributed by atoms with Gasteiger partial charge in [-0.1, -0.05) is 0 Å². The van der Waals surface area contributed by atoms with E-state index in [9.17, 15) is 4.79 Å². The number of amides is 2. The summed E-state index contributed by atoms with van der Waals surface area (Å²) in [6.07, 6.45) is 3.48. The molecule has 0 aliphatic carbocycles. The fraction of sp³-hybridized carbons (Fsp3) is 0.545. The predicted octanol–water partition coefficient (Wildman–Crippen LogP) is 1.15. The van der Waals surface area contributed by atoms with E-state index in [0.717, 1.165) is 12.2 Å². The maximum absolute atomic E-state index is 11.8. The Hall–Kier alpha value is -1.85. The van der Waals surface area contributed by atoms with Gasteiger partial charge in [-0.2, -0.15) is 4.99 Å². The Labute approximate surface area is 100 Å². The molecule has 1 unspecified atom stereocenters. The molecule has 0 saturated carbocycles. The molecular weight excluding hydrogens is 218 g/mol. The summed E-state index contributed by atoms with van der Waals surface area (Å²) < 4.78 is 1.97. The topological polar surface area (TPSA) is 76.5 Å². The van der Waals surface area contributed by atoms with Crippen molar-refractivity contribution >= 4 is 11.9 Å². The normalized spacial score (nSPS) is 20.2. The molecule has 0 fully saturated rings. The van der Waals surface area contributed by atoms with Gasteiger partial charge in [0.15, 0.2) is 0 Å². The smallest absolute Gasteiger partial charge is 0.346 e. The lowest BCUT2D eigenvalue weighted by atomic mass is 10.1. The van der Waals surface area contributed by atoms with Crippen molar-refractivity contribution in [3.63, 3.8) is 0 Å². The van der Waals surface area contributed by atoms with Crippen LogP contribution in [0.1, 0.15) is 32.5 Å². The van der Waals surface area contributed by atoms with Crippen molar-refractivity contribution in [1.29, 1.82) is 0 Å². The van der Waals surface area contributed by atoms with Gasteiger partial charge in [0.05, 0.1) is 18.2 Å². The Morgan fingerprint density at radius 3 is 2.82 bits per heavy atom. The summed E-state index contributed by atoms with van der Waals surface area (Å²) in [6.45, 7) is 6.71. The zero-order valence-electron chi connectivity index (χ0n) is 10.3. The van der Waals surface area contributed by atoms with Crippen LogP contribution in [0.5, 0.6) is 0 Å². The third-order valence-corrected chi connectivity index (χ3v) is 2.93. The average Bonchev–Trinajstić information content (AvgIpc) is 2.81. The second-order valence-electron chi connectivity index (χ2n) is 4.33. The van der Waals surface area contributed by atoms with Crippen molar-refractivity contribution in [3.8, 4) is 0 Å². The highest BCUT2D eigenvalue weighted by Crippen LogP contribution is 2.28. The third-order valence-electron chi connectivity index (χ3n) is 2.93. The first-order valence-electron chi connectivity index (χ1n) is 5.72. The Bertz CT molecular complexity index is 462. The minimum atomic E-state index is -0.287. The highest BCUT2D eigenvalue weighted by atomic mass is 16.2. The van der Waals surface area contributed by atoms with Crippen LogP contribution < -0.4 is 5.73 Å². The maximum Gasteiger partial charge on any atom is 0.346 e. The number of carbonyl (C=O) groups excluding carboxylic acids is 1. The zero-order valence-corrected chi connectivity index (χ0v) is 10.3. The highest BCUT2D eigenvalue weighted by molar-refractivity contribution is 6.03. The number of rotatable bonds is 3. The molecule has 0 bridgehead atoms. The Morgan fingerprint density at radius 1 is 1.53 bits per heavy atom. The van der Waals surface area contributed by atoms with Crippen LogP contribution in [0, 0.1) is 0 Å². The van der Waals surface area contributed by atoms with Crippen LogP contribution in [0.3, 0.4) is 0 Å². The molecule has 0 spiro atoms. The van der Waals surface area contributed by atoms with Gasteiger partial charge in [-0.15, -0.1) is 0 Å². The first-order chi connectivity index (χ1) is 8.06. The molecule has 0 aromatic carbocycles. The molecular formula is C11H17N5O. The molecule has 2 heterocycles. The van der Waals surface area contributed by atoms with Crippen LogP contribution in [-0.2, 0) is 6.54 Å². The van der Waals surface area contributed by atoms with E-state index in [4.69, 9.17) is 5.73 Å². The summed E-state index contributed by atoms with van der Waals surface area (Å²) in [4.78, 5) is 21.4. The van der Waals surface area contributed by atoms with Gasteiger partial charge in [0.25, 0.3) is 0 Å². The quantitative estimate of drug-likeness (QED) is 0.853. The second-order valence-corrected chi connectivity index (χ2v) is 4.33. The van der Waals surface area contributed by atoms with Crippen molar-refractivity contribution in [2.45, 2.75) is 39.4 Å². The first-order valence-corrected chi connectivity index (χ1v) is 5.72. The van der Waals surface area contributed by atoms with Crippen molar-refractivity contribution in [1.82, 2.24) is 14.5 Å². The van der Waals surface area contributed by atoms with E-state index in [1.165, 1.54) is 0 Å². The molecule has 0 radical (unpaired) electrons. The number of urea groups is 1. The van der Waals surface area contributed by atoms with Gasteiger partial charge in [0.1, 0.15) is 11.9 Å². The number of imidazole rings is 1. The van der Waals surface area contributed by atoms with Crippen molar-refractivity contribution in [2.24, 2.45) is 10.7 Å². The van der Waals surface area contributed by atoms with E-state index < -0.39 is 0 Å². The van der Waals surface area contributed by atoms with Crippen LogP contribution in [0.25, 0.3) is 0 Å². The SMILES string of the molecule is CCn1cncc1C1C(N)=NC(=O)N1C(C)C. The lowest BCUT2D eigenvalue weighted by Gasteiger charge is -2.28. The van der Waals surface area contributed by atoms with Gasteiger partial charge in [-0.05, 0) is 20.8 Å². The van der Waals surface area contributed by atoms with Crippen LogP contribution in [0.2, 0.25) is 0 Å². The molecule has 2 amide bonds. The number of hydrogen-bond acceptors (Lipinski definition) is 3. The molecule has 0 saturated heterocycles. The van der Waals surface area contributed by atoms with Gasteiger partial charge < -0.3 is 15.2 Å². The molecule has 2 N–H and O–H groups in total. The molecule has 1 aromatic rings. The number of nitrogens with zero attached hydrogens (tertiary/aromatic N) is 4. The molecule has 1 aromatic heterocycles. The van der Waals surface area contributed by atoms with Crippen LogP contribution in [-0.4, -0.2) is 32.4 Å². The predicted molar refractivity (Wildman–Crippen MR) is 64.6 cm³/mol. The number of carbonyl (C=O) groups is 1. The molecule has 6 heteroatoms. The summed E-state index contributed by atoms with van der Waals surface area (Å²) in [6, 6.07) is -0.506. The van der Waals surface area contributed by atoms with E-state index in [2.05, 4.69) is 9.98 Å². The van der Waals surface area contributed by atoms with Crippen molar-refractivity contribution in [2.75, 3.05) is 0 Å². The number of amidine groups is 1. The Balaban J connectivity index is 2.42. The third kappa shape index (κ3) is 1.79. The van der Waals surface area contributed by atoms with Gasteiger partial charge in [0.2, 0.25) is 0 Å². The largest absolute Gasteiger partial charge is 0.385 e. The summed E-state index contributed by atoms with van der Waals surface area (Å²) in [5, 5.41) is 0. The zero-order chi connectivity index (χ0) is 12.6. The van der Waals surface area contributed by atoms with Gasteiger partial charge in [-0.3, -0.25) is 0 Å².